The molecule has 1 aliphatic heterocycles. The zero-order chi connectivity index (χ0) is 17.3. The molecule has 0 radical (unpaired) electrons. The molecule has 0 spiro atoms. The number of fused-ring (bicyclic) bond motifs is 1. The number of benzene rings is 1. The largest absolute Gasteiger partial charge is 0.493 e. The van der Waals surface area contributed by atoms with E-state index in [1.54, 1.807) is 14.2 Å². The van der Waals surface area contributed by atoms with Crippen molar-refractivity contribution in [3.8, 4) is 11.5 Å². The van der Waals surface area contributed by atoms with Crippen molar-refractivity contribution in [2.75, 3.05) is 51.6 Å². The summed E-state index contributed by atoms with van der Waals surface area (Å²) in [6.07, 6.45) is 2.74. The van der Waals surface area contributed by atoms with Crippen LogP contribution in [0.2, 0.25) is 0 Å². The molecule has 0 unspecified atom stereocenters. The van der Waals surface area contributed by atoms with Crippen LogP contribution in [-0.2, 0) is 10.0 Å². The van der Waals surface area contributed by atoms with Crippen LogP contribution in [0.25, 0.3) is 10.9 Å². The van der Waals surface area contributed by atoms with E-state index in [9.17, 15) is 8.42 Å². The van der Waals surface area contributed by atoms with Crippen molar-refractivity contribution < 1.29 is 17.9 Å². The van der Waals surface area contributed by atoms with E-state index in [1.165, 1.54) is 16.9 Å². The zero-order valence-electron chi connectivity index (χ0n) is 13.9. The van der Waals surface area contributed by atoms with Crippen molar-refractivity contribution >= 4 is 26.7 Å². The molecule has 8 nitrogen and oxygen atoms in total. The average molecular weight is 352 g/mol. The highest BCUT2D eigenvalue weighted by Crippen LogP contribution is 2.34. The zero-order valence-corrected chi connectivity index (χ0v) is 14.7. The molecule has 2 heterocycles. The van der Waals surface area contributed by atoms with Crippen molar-refractivity contribution in [3.05, 3.63) is 18.5 Å². The molecular weight excluding hydrogens is 332 g/mol. The smallest absolute Gasteiger partial charge is 0.211 e. The molecule has 3 rings (SSSR count). The maximum Gasteiger partial charge on any atom is 0.211 e. The Balaban J connectivity index is 1.96. The topological polar surface area (TPSA) is 84.9 Å². The highest BCUT2D eigenvalue weighted by molar-refractivity contribution is 7.88. The Bertz CT molecular complexity index is 848. The van der Waals surface area contributed by atoms with Gasteiger partial charge in [-0.2, -0.15) is 4.31 Å². The van der Waals surface area contributed by atoms with E-state index >= 15 is 0 Å². The van der Waals surface area contributed by atoms with Crippen molar-refractivity contribution in [2.45, 2.75) is 0 Å². The molecule has 130 valence electrons. The third-order valence-corrected chi connectivity index (χ3v) is 5.43. The van der Waals surface area contributed by atoms with Gasteiger partial charge in [0.2, 0.25) is 10.0 Å². The lowest BCUT2D eigenvalue weighted by molar-refractivity contribution is 0.355. The SMILES string of the molecule is COc1cc2ncnc(N3CCN(S(C)(=O)=O)CC3)c2cc1OC. The number of sulfonamides is 1. The van der Waals surface area contributed by atoms with Gasteiger partial charge in [0.1, 0.15) is 12.1 Å². The van der Waals surface area contributed by atoms with Crippen LogP contribution in [0, 0.1) is 0 Å². The number of hydrogen-bond donors (Lipinski definition) is 0. The second-order valence-electron chi connectivity index (χ2n) is 5.57. The highest BCUT2D eigenvalue weighted by Gasteiger charge is 2.25. The van der Waals surface area contributed by atoms with Gasteiger partial charge in [-0.3, -0.25) is 0 Å². The number of aromatic nitrogens is 2. The lowest BCUT2D eigenvalue weighted by Crippen LogP contribution is -2.48. The molecule has 1 aromatic heterocycles. The van der Waals surface area contributed by atoms with Crippen LogP contribution in [0.15, 0.2) is 18.5 Å². The van der Waals surface area contributed by atoms with E-state index in [2.05, 4.69) is 14.9 Å². The molecular formula is C15H20N4O4S. The number of methoxy groups -OCH3 is 2. The van der Waals surface area contributed by atoms with Gasteiger partial charge < -0.3 is 14.4 Å². The third kappa shape index (κ3) is 3.09. The second-order valence-corrected chi connectivity index (χ2v) is 7.55. The molecule has 1 saturated heterocycles. The first-order chi connectivity index (χ1) is 11.4. The van der Waals surface area contributed by atoms with Gasteiger partial charge in [-0.1, -0.05) is 0 Å². The van der Waals surface area contributed by atoms with Crippen LogP contribution in [0.3, 0.4) is 0 Å². The van der Waals surface area contributed by atoms with Gasteiger partial charge in [0.05, 0.1) is 26.0 Å². The van der Waals surface area contributed by atoms with Crippen LogP contribution >= 0.6 is 0 Å². The Morgan fingerprint density at radius 3 is 2.21 bits per heavy atom. The normalized spacial score (nSPS) is 16.4. The summed E-state index contributed by atoms with van der Waals surface area (Å²) in [6.45, 7) is 2.04. The monoisotopic (exact) mass is 352 g/mol. The van der Waals surface area contributed by atoms with Gasteiger partial charge in [-0.25, -0.2) is 18.4 Å². The summed E-state index contributed by atoms with van der Waals surface area (Å²) in [6, 6.07) is 3.67. The maximum atomic E-state index is 11.6. The number of nitrogens with zero attached hydrogens (tertiary/aromatic N) is 4. The molecule has 0 N–H and O–H groups in total. The van der Waals surface area contributed by atoms with Gasteiger partial charge in [0.25, 0.3) is 0 Å². The van der Waals surface area contributed by atoms with E-state index < -0.39 is 10.0 Å². The van der Waals surface area contributed by atoms with E-state index in [0.29, 0.717) is 37.7 Å². The quantitative estimate of drug-likeness (QED) is 0.802. The summed E-state index contributed by atoms with van der Waals surface area (Å²) in [5.41, 5.74) is 0.753. The molecule has 0 amide bonds. The number of anilines is 1. The first-order valence-corrected chi connectivity index (χ1v) is 9.35. The third-order valence-electron chi connectivity index (χ3n) is 4.13. The first-order valence-electron chi connectivity index (χ1n) is 7.51. The Morgan fingerprint density at radius 1 is 1.00 bits per heavy atom. The minimum absolute atomic E-state index is 0.442. The molecule has 0 saturated carbocycles. The summed E-state index contributed by atoms with van der Waals surface area (Å²) in [4.78, 5) is 10.8. The highest BCUT2D eigenvalue weighted by atomic mass is 32.2. The van der Waals surface area contributed by atoms with Gasteiger partial charge in [0.15, 0.2) is 11.5 Å². The van der Waals surface area contributed by atoms with Crippen molar-refractivity contribution in [1.29, 1.82) is 0 Å². The van der Waals surface area contributed by atoms with Gasteiger partial charge >= 0.3 is 0 Å². The number of piperazine rings is 1. The lowest BCUT2D eigenvalue weighted by atomic mass is 10.2. The van der Waals surface area contributed by atoms with Gasteiger partial charge in [0, 0.05) is 37.6 Å². The standard InChI is InChI=1S/C15H20N4O4S/c1-22-13-8-11-12(9-14(13)23-2)16-10-17-15(11)18-4-6-19(7-5-18)24(3,20)21/h8-10H,4-7H2,1-3H3. The molecule has 0 atom stereocenters. The van der Waals surface area contributed by atoms with Crippen LogP contribution in [0.5, 0.6) is 11.5 Å². The van der Waals surface area contributed by atoms with Gasteiger partial charge in [-0.15, -0.1) is 0 Å². The molecule has 0 aliphatic carbocycles. The summed E-state index contributed by atoms with van der Waals surface area (Å²) in [5.74, 6) is 1.99. The van der Waals surface area contributed by atoms with Crippen molar-refractivity contribution in [1.82, 2.24) is 14.3 Å². The van der Waals surface area contributed by atoms with E-state index in [-0.39, 0.29) is 0 Å². The molecule has 2 aromatic rings. The molecule has 1 aliphatic rings. The molecule has 1 aromatic carbocycles. The van der Waals surface area contributed by atoms with Crippen LogP contribution in [0.1, 0.15) is 0 Å². The summed E-state index contributed by atoms with van der Waals surface area (Å²) >= 11 is 0. The minimum atomic E-state index is -3.16. The number of ether oxygens (including phenoxy) is 2. The number of hydrogen-bond acceptors (Lipinski definition) is 7. The first kappa shape index (κ1) is 16.7. The van der Waals surface area contributed by atoms with E-state index in [1.807, 2.05) is 12.1 Å². The average Bonchev–Trinajstić information content (AvgIpc) is 2.59. The Hall–Kier alpha value is -2.13. The van der Waals surface area contributed by atoms with E-state index in [4.69, 9.17) is 9.47 Å². The molecule has 9 heteroatoms. The summed E-state index contributed by atoms with van der Waals surface area (Å²) in [7, 11) is 0.00466. The Kier molecular flexibility index (Phi) is 4.46. The molecule has 24 heavy (non-hydrogen) atoms. The van der Waals surface area contributed by atoms with Crippen LogP contribution in [0.4, 0.5) is 5.82 Å². The summed E-state index contributed by atoms with van der Waals surface area (Å²) < 4.78 is 35.4. The Labute approximate surface area is 141 Å². The second kappa shape index (κ2) is 6.40. The van der Waals surface area contributed by atoms with Crippen molar-refractivity contribution in [2.24, 2.45) is 0 Å². The fraction of sp³-hybridized carbons (Fsp3) is 0.467. The van der Waals surface area contributed by atoms with Gasteiger partial charge in [-0.05, 0) is 6.07 Å². The van der Waals surface area contributed by atoms with Crippen LogP contribution in [-0.4, -0.2) is 69.3 Å². The molecule has 0 bridgehead atoms. The molecule has 1 fully saturated rings. The fourth-order valence-corrected chi connectivity index (χ4v) is 3.68. The minimum Gasteiger partial charge on any atom is -0.493 e. The summed E-state index contributed by atoms with van der Waals surface area (Å²) in [5, 5.41) is 0.850. The Morgan fingerprint density at radius 2 is 1.62 bits per heavy atom. The van der Waals surface area contributed by atoms with E-state index in [0.717, 1.165) is 16.7 Å². The lowest BCUT2D eigenvalue weighted by Gasteiger charge is -2.34. The van der Waals surface area contributed by atoms with Crippen molar-refractivity contribution in [3.63, 3.8) is 0 Å². The maximum absolute atomic E-state index is 11.6. The predicted octanol–water partition coefficient (Wildman–Crippen LogP) is 0.729. The predicted molar refractivity (Wildman–Crippen MR) is 91.3 cm³/mol. The number of rotatable bonds is 4. The fourth-order valence-electron chi connectivity index (χ4n) is 2.85. The van der Waals surface area contributed by atoms with Crippen LogP contribution < -0.4 is 14.4 Å².